The van der Waals surface area contributed by atoms with Crippen LogP contribution in [0.5, 0.6) is 0 Å². The van der Waals surface area contributed by atoms with Gasteiger partial charge in [0.2, 0.25) is 5.69 Å². The summed E-state index contributed by atoms with van der Waals surface area (Å²) in [7, 11) is 0. The zero-order valence-electron chi connectivity index (χ0n) is 13.2. The van der Waals surface area contributed by atoms with E-state index in [2.05, 4.69) is 19.4 Å². The Labute approximate surface area is 135 Å². The van der Waals surface area contributed by atoms with Crippen molar-refractivity contribution < 1.29 is 9.53 Å². The number of piperidine rings is 2. The summed E-state index contributed by atoms with van der Waals surface area (Å²) in [4.78, 5) is 16.8. The van der Waals surface area contributed by atoms with Crippen molar-refractivity contribution in [3.63, 3.8) is 0 Å². The fourth-order valence-electron chi connectivity index (χ4n) is 3.44. The van der Waals surface area contributed by atoms with E-state index in [1.807, 2.05) is 6.92 Å². The lowest BCUT2D eigenvalue weighted by Gasteiger charge is -2.40. The first-order valence-electron chi connectivity index (χ1n) is 8.28. The van der Waals surface area contributed by atoms with Crippen molar-refractivity contribution in [2.24, 2.45) is 0 Å². The molecule has 0 radical (unpaired) electrons. The maximum absolute atomic E-state index is 11.9. The second-order valence-electron chi connectivity index (χ2n) is 5.96. The molecule has 0 N–H and O–H groups in total. The van der Waals surface area contributed by atoms with Gasteiger partial charge in [0.25, 0.3) is 0 Å². The van der Waals surface area contributed by atoms with Crippen LogP contribution in [0.3, 0.4) is 0 Å². The van der Waals surface area contributed by atoms with Crippen molar-refractivity contribution in [3.05, 3.63) is 5.69 Å². The van der Waals surface area contributed by atoms with Crippen molar-refractivity contribution >= 4 is 22.5 Å². The molecule has 0 saturated carbocycles. The standard InChI is InChI=1S/C15H24N4O2S/c1-2-21-15(20)13-14(22-17-16-13)19-10-6-12(7-11-19)18-8-4-3-5-9-18/h12H,2-11H2,1H3. The number of anilines is 1. The van der Waals surface area contributed by atoms with E-state index in [1.54, 1.807) is 0 Å². The van der Waals surface area contributed by atoms with Crippen molar-refractivity contribution in [2.75, 3.05) is 37.7 Å². The molecule has 1 aromatic rings. The van der Waals surface area contributed by atoms with Crippen LogP contribution in [-0.4, -0.2) is 59.3 Å². The van der Waals surface area contributed by atoms with Gasteiger partial charge in [0.1, 0.15) is 5.00 Å². The normalized spacial score (nSPS) is 21.0. The minimum atomic E-state index is -0.357. The Morgan fingerprint density at radius 1 is 1.23 bits per heavy atom. The Hall–Kier alpha value is -1.21. The molecule has 1 aromatic heterocycles. The highest BCUT2D eigenvalue weighted by Crippen LogP contribution is 2.29. The number of esters is 1. The summed E-state index contributed by atoms with van der Waals surface area (Å²) in [5.74, 6) is -0.357. The van der Waals surface area contributed by atoms with E-state index in [0.717, 1.165) is 30.9 Å². The van der Waals surface area contributed by atoms with Crippen molar-refractivity contribution in [1.29, 1.82) is 0 Å². The summed E-state index contributed by atoms with van der Waals surface area (Å²) in [5, 5.41) is 4.83. The predicted octanol–water partition coefficient (Wildman–Crippen LogP) is 2.17. The maximum Gasteiger partial charge on any atom is 0.362 e. The summed E-state index contributed by atoms with van der Waals surface area (Å²) in [5.41, 5.74) is 0.378. The third-order valence-electron chi connectivity index (χ3n) is 4.60. The van der Waals surface area contributed by atoms with Gasteiger partial charge in [0.05, 0.1) is 6.61 Å². The number of carbonyl (C=O) groups excluding carboxylic acids is 1. The lowest BCUT2D eigenvalue weighted by molar-refractivity contribution is 0.0520. The zero-order valence-corrected chi connectivity index (χ0v) is 14.0. The average Bonchev–Trinajstić information content (AvgIpc) is 3.06. The van der Waals surface area contributed by atoms with E-state index in [1.165, 1.54) is 43.9 Å². The Bertz CT molecular complexity index is 493. The molecule has 2 saturated heterocycles. The molecule has 7 heteroatoms. The maximum atomic E-state index is 11.9. The Kier molecular flexibility index (Phi) is 5.25. The molecule has 2 fully saturated rings. The highest BCUT2D eigenvalue weighted by Gasteiger charge is 2.29. The molecule has 3 heterocycles. The number of ether oxygens (including phenoxy) is 1. The van der Waals surface area contributed by atoms with Gasteiger partial charge >= 0.3 is 5.97 Å². The second-order valence-corrected chi connectivity index (χ2v) is 6.69. The van der Waals surface area contributed by atoms with Gasteiger partial charge in [-0.15, -0.1) is 5.10 Å². The van der Waals surface area contributed by atoms with Gasteiger partial charge in [0, 0.05) is 30.7 Å². The monoisotopic (exact) mass is 324 g/mol. The van der Waals surface area contributed by atoms with Gasteiger partial charge in [-0.1, -0.05) is 10.9 Å². The fourth-order valence-corrected chi connectivity index (χ4v) is 4.15. The van der Waals surface area contributed by atoms with Crippen LogP contribution in [0.4, 0.5) is 5.00 Å². The van der Waals surface area contributed by atoms with Gasteiger partial charge < -0.3 is 14.5 Å². The van der Waals surface area contributed by atoms with Crippen LogP contribution in [-0.2, 0) is 4.74 Å². The Morgan fingerprint density at radius 2 is 1.95 bits per heavy atom. The molecule has 2 aliphatic rings. The van der Waals surface area contributed by atoms with E-state index in [0.29, 0.717) is 18.3 Å². The lowest BCUT2D eigenvalue weighted by Crippen LogP contribution is -2.46. The summed E-state index contributed by atoms with van der Waals surface area (Å²) < 4.78 is 9.01. The van der Waals surface area contributed by atoms with E-state index in [4.69, 9.17) is 4.74 Å². The molecule has 0 unspecified atom stereocenters. The van der Waals surface area contributed by atoms with E-state index >= 15 is 0 Å². The van der Waals surface area contributed by atoms with Crippen LogP contribution in [0.15, 0.2) is 0 Å². The SMILES string of the molecule is CCOC(=O)c1nnsc1N1CCC(N2CCCCC2)CC1. The molecule has 0 atom stereocenters. The molecule has 0 spiro atoms. The van der Waals surface area contributed by atoms with Crippen molar-refractivity contribution in [1.82, 2.24) is 14.5 Å². The zero-order chi connectivity index (χ0) is 15.4. The first-order chi connectivity index (χ1) is 10.8. The number of hydrogen-bond donors (Lipinski definition) is 0. The number of hydrogen-bond acceptors (Lipinski definition) is 7. The minimum Gasteiger partial charge on any atom is -0.461 e. The number of nitrogens with zero attached hydrogens (tertiary/aromatic N) is 4. The Balaban J connectivity index is 1.59. The molecule has 6 nitrogen and oxygen atoms in total. The van der Waals surface area contributed by atoms with Crippen LogP contribution in [0, 0.1) is 0 Å². The van der Waals surface area contributed by atoms with Crippen LogP contribution < -0.4 is 4.90 Å². The van der Waals surface area contributed by atoms with E-state index in [-0.39, 0.29) is 5.97 Å². The molecule has 22 heavy (non-hydrogen) atoms. The average molecular weight is 324 g/mol. The largest absolute Gasteiger partial charge is 0.461 e. The summed E-state index contributed by atoms with van der Waals surface area (Å²) in [6.45, 7) is 6.62. The molecule has 2 aliphatic heterocycles. The number of carbonyl (C=O) groups is 1. The highest BCUT2D eigenvalue weighted by molar-refractivity contribution is 7.10. The smallest absolute Gasteiger partial charge is 0.362 e. The molecule has 0 bridgehead atoms. The molecule has 0 aliphatic carbocycles. The lowest BCUT2D eigenvalue weighted by atomic mass is 10.00. The third-order valence-corrected chi connectivity index (χ3v) is 5.39. The van der Waals surface area contributed by atoms with Crippen LogP contribution in [0.1, 0.15) is 49.5 Å². The molecule has 0 amide bonds. The molecular weight excluding hydrogens is 300 g/mol. The second kappa shape index (κ2) is 7.37. The molecule has 122 valence electrons. The van der Waals surface area contributed by atoms with E-state index in [9.17, 15) is 4.79 Å². The van der Waals surface area contributed by atoms with Crippen LogP contribution >= 0.6 is 11.5 Å². The quantitative estimate of drug-likeness (QED) is 0.791. The third kappa shape index (κ3) is 3.41. The van der Waals surface area contributed by atoms with Gasteiger partial charge in [-0.3, -0.25) is 0 Å². The van der Waals surface area contributed by atoms with Crippen LogP contribution in [0.2, 0.25) is 0 Å². The van der Waals surface area contributed by atoms with Gasteiger partial charge in [-0.25, -0.2) is 4.79 Å². The van der Waals surface area contributed by atoms with Crippen LogP contribution in [0.25, 0.3) is 0 Å². The van der Waals surface area contributed by atoms with Gasteiger partial charge in [-0.2, -0.15) is 0 Å². The number of aromatic nitrogens is 2. The summed E-state index contributed by atoms with van der Waals surface area (Å²) >= 11 is 1.30. The highest BCUT2D eigenvalue weighted by atomic mass is 32.1. The summed E-state index contributed by atoms with van der Waals surface area (Å²) in [6.07, 6.45) is 6.36. The first kappa shape index (κ1) is 15.7. The molecule has 3 rings (SSSR count). The Morgan fingerprint density at radius 3 is 2.64 bits per heavy atom. The predicted molar refractivity (Wildman–Crippen MR) is 86.5 cm³/mol. The topological polar surface area (TPSA) is 58.6 Å². The fraction of sp³-hybridized carbons (Fsp3) is 0.800. The van der Waals surface area contributed by atoms with Crippen molar-refractivity contribution in [2.45, 2.75) is 45.1 Å². The van der Waals surface area contributed by atoms with E-state index < -0.39 is 0 Å². The van der Waals surface area contributed by atoms with Gasteiger partial charge in [-0.05, 0) is 45.7 Å². The molecular formula is C15H24N4O2S. The number of likely N-dealkylation sites (tertiary alicyclic amines) is 1. The summed E-state index contributed by atoms with van der Waals surface area (Å²) in [6, 6.07) is 0.698. The number of rotatable bonds is 4. The van der Waals surface area contributed by atoms with Gasteiger partial charge in [0.15, 0.2) is 0 Å². The van der Waals surface area contributed by atoms with Crippen molar-refractivity contribution in [3.8, 4) is 0 Å². The first-order valence-corrected chi connectivity index (χ1v) is 9.05. The minimum absolute atomic E-state index is 0.357. The molecule has 0 aromatic carbocycles.